The Morgan fingerprint density at radius 3 is 2.79 bits per heavy atom. The van der Waals surface area contributed by atoms with Gasteiger partial charge in [0.05, 0.1) is 18.0 Å². The van der Waals surface area contributed by atoms with Crippen LogP contribution in [-0.4, -0.2) is 44.3 Å². The topological polar surface area (TPSA) is 120 Å². The maximum Gasteiger partial charge on any atom is 0.262 e. The molecule has 2 aromatic rings. The number of hydrazine groups is 1. The number of benzene rings is 1. The maximum absolute atomic E-state index is 12.7. The molecule has 2 rings (SSSR count). The molecular formula is C19H28N6O3. The predicted octanol–water partition coefficient (Wildman–Crippen LogP) is 2.46. The molecule has 152 valence electrons. The van der Waals surface area contributed by atoms with E-state index in [1.807, 2.05) is 25.1 Å². The summed E-state index contributed by atoms with van der Waals surface area (Å²) in [5.41, 5.74) is 7.44. The fourth-order valence-corrected chi connectivity index (χ4v) is 3.33. The summed E-state index contributed by atoms with van der Waals surface area (Å²) < 4.78 is 0. The first-order valence-electron chi connectivity index (χ1n) is 9.32. The number of para-hydroxylation sites is 1. The normalized spacial score (nSPS) is 12.5. The summed E-state index contributed by atoms with van der Waals surface area (Å²) in [6.45, 7) is 8.02. The molecule has 0 spiro atoms. The van der Waals surface area contributed by atoms with E-state index in [0.717, 1.165) is 18.4 Å². The number of hydrogen-bond donors (Lipinski definition) is 3. The number of aryl methyl sites for hydroxylation is 1. The highest BCUT2D eigenvalue weighted by Crippen LogP contribution is 2.31. The van der Waals surface area contributed by atoms with Gasteiger partial charge >= 0.3 is 0 Å². The molecule has 0 radical (unpaired) electrons. The lowest BCUT2D eigenvalue weighted by Crippen LogP contribution is -2.42. The second kappa shape index (κ2) is 9.41. The highest BCUT2D eigenvalue weighted by molar-refractivity contribution is 5.81. The van der Waals surface area contributed by atoms with Crippen molar-refractivity contribution >= 4 is 29.3 Å². The van der Waals surface area contributed by atoms with Gasteiger partial charge in [0.15, 0.2) is 0 Å². The molecule has 9 heteroatoms. The third-order valence-corrected chi connectivity index (χ3v) is 4.61. The lowest BCUT2D eigenvalue weighted by molar-refractivity contribution is -0.155. The second-order valence-corrected chi connectivity index (χ2v) is 7.74. The zero-order chi connectivity index (χ0) is 20.7. The van der Waals surface area contributed by atoms with Gasteiger partial charge in [-0.3, -0.25) is 25.6 Å². The lowest BCUT2D eigenvalue weighted by Gasteiger charge is -2.29. The zero-order valence-corrected chi connectivity index (χ0v) is 16.8. The summed E-state index contributed by atoms with van der Waals surface area (Å²) in [6, 6.07) is 5.60. The van der Waals surface area contributed by atoms with Crippen molar-refractivity contribution in [3.63, 3.8) is 0 Å². The zero-order valence-electron chi connectivity index (χ0n) is 16.8. The van der Waals surface area contributed by atoms with Gasteiger partial charge in [0.2, 0.25) is 12.3 Å². The summed E-state index contributed by atoms with van der Waals surface area (Å²) in [5, 5.41) is 18.1. The van der Waals surface area contributed by atoms with Gasteiger partial charge in [-0.2, -0.15) is 0 Å². The minimum atomic E-state index is -0.598. The predicted molar refractivity (Wildman–Crippen MR) is 105 cm³/mol. The molecule has 3 N–H and O–H groups in total. The maximum atomic E-state index is 12.7. The van der Waals surface area contributed by atoms with Gasteiger partial charge in [-0.25, -0.2) is 10.0 Å². The molecule has 2 amide bonds. The first-order chi connectivity index (χ1) is 13.3. The van der Waals surface area contributed by atoms with Crippen molar-refractivity contribution in [3.8, 4) is 0 Å². The van der Waals surface area contributed by atoms with Crippen LogP contribution in [0.25, 0.3) is 11.0 Å². The number of amides is 2. The number of rotatable bonds is 10. The van der Waals surface area contributed by atoms with Gasteiger partial charge in [0.1, 0.15) is 5.52 Å². The van der Waals surface area contributed by atoms with E-state index in [1.165, 1.54) is 0 Å². The molecule has 1 atom stereocenters. The van der Waals surface area contributed by atoms with Crippen LogP contribution < -0.4 is 10.9 Å². The largest absolute Gasteiger partial charge is 0.286 e. The van der Waals surface area contributed by atoms with Crippen LogP contribution in [0.15, 0.2) is 18.2 Å². The molecule has 1 aromatic heterocycles. The number of carbonyl (C=O) groups excluding carboxylic acids is 2. The lowest BCUT2D eigenvalue weighted by atomic mass is 9.79. The van der Waals surface area contributed by atoms with E-state index in [9.17, 15) is 14.8 Å². The van der Waals surface area contributed by atoms with E-state index < -0.39 is 5.92 Å². The van der Waals surface area contributed by atoms with Crippen molar-refractivity contribution in [1.29, 1.82) is 0 Å². The Kier molecular flexibility index (Phi) is 7.22. The average Bonchev–Trinajstić information content (AvgIpc) is 2.65. The minimum absolute atomic E-state index is 0.0971. The van der Waals surface area contributed by atoms with Crippen LogP contribution in [0.2, 0.25) is 0 Å². The molecule has 9 nitrogen and oxygen atoms in total. The van der Waals surface area contributed by atoms with E-state index in [0.29, 0.717) is 28.9 Å². The van der Waals surface area contributed by atoms with Gasteiger partial charge in [-0.05, 0) is 36.8 Å². The fraction of sp³-hybridized carbons (Fsp3) is 0.526. The molecule has 0 aliphatic rings. The van der Waals surface area contributed by atoms with Crippen LogP contribution in [0.1, 0.15) is 45.6 Å². The quantitative estimate of drug-likeness (QED) is 0.325. The third kappa shape index (κ3) is 5.85. The molecule has 0 fully saturated rings. The number of aromatic nitrogens is 3. The molecular weight excluding hydrogens is 360 g/mol. The Bertz CT molecular complexity index is 826. The number of fused-ring (bicyclic) bond motifs is 1. The number of carbonyl (C=O) groups is 2. The van der Waals surface area contributed by atoms with Crippen molar-refractivity contribution in [1.82, 2.24) is 25.7 Å². The number of hydrogen-bond acceptors (Lipinski definition) is 7. The molecule has 0 aliphatic heterocycles. The van der Waals surface area contributed by atoms with Crippen molar-refractivity contribution in [3.05, 3.63) is 23.8 Å². The molecule has 1 unspecified atom stereocenters. The fourth-order valence-electron chi connectivity index (χ4n) is 3.33. The van der Waals surface area contributed by atoms with E-state index in [-0.39, 0.29) is 23.8 Å². The smallest absolute Gasteiger partial charge is 0.262 e. The van der Waals surface area contributed by atoms with Gasteiger partial charge in [0, 0.05) is 0 Å². The van der Waals surface area contributed by atoms with Gasteiger partial charge < -0.3 is 0 Å². The van der Waals surface area contributed by atoms with Gasteiger partial charge in [-0.1, -0.05) is 39.3 Å². The number of nitrogens with zero attached hydrogens (tertiary/aromatic N) is 4. The van der Waals surface area contributed by atoms with Crippen LogP contribution in [-0.2, 0) is 9.59 Å². The summed E-state index contributed by atoms with van der Waals surface area (Å²) in [7, 11) is 0. The molecule has 0 bridgehead atoms. The minimum Gasteiger partial charge on any atom is -0.286 e. The Morgan fingerprint density at radius 2 is 2.11 bits per heavy atom. The van der Waals surface area contributed by atoms with E-state index in [1.54, 1.807) is 0 Å². The third-order valence-electron chi connectivity index (χ3n) is 4.61. The van der Waals surface area contributed by atoms with Crippen LogP contribution >= 0.6 is 0 Å². The van der Waals surface area contributed by atoms with Crippen LogP contribution in [0.4, 0.5) is 5.95 Å². The van der Waals surface area contributed by atoms with Crippen LogP contribution in [0.5, 0.6) is 0 Å². The highest BCUT2D eigenvalue weighted by atomic mass is 16.5. The average molecular weight is 388 g/mol. The summed E-state index contributed by atoms with van der Waals surface area (Å²) in [6.07, 6.45) is 2.70. The summed E-state index contributed by atoms with van der Waals surface area (Å²) in [5.74, 6) is -0.795. The van der Waals surface area contributed by atoms with Gasteiger partial charge in [0.25, 0.3) is 5.95 Å². The van der Waals surface area contributed by atoms with Crippen LogP contribution in [0.3, 0.4) is 0 Å². The highest BCUT2D eigenvalue weighted by Gasteiger charge is 2.29. The molecule has 0 aliphatic carbocycles. The van der Waals surface area contributed by atoms with Crippen molar-refractivity contribution in [2.45, 2.75) is 47.0 Å². The molecule has 1 heterocycles. The van der Waals surface area contributed by atoms with Crippen molar-refractivity contribution in [2.75, 3.05) is 12.0 Å². The summed E-state index contributed by atoms with van der Waals surface area (Å²) >= 11 is 0. The van der Waals surface area contributed by atoms with Crippen LogP contribution in [0, 0.1) is 18.3 Å². The van der Waals surface area contributed by atoms with E-state index in [4.69, 9.17) is 0 Å². The number of hydroxylamine groups is 2. The monoisotopic (exact) mass is 388 g/mol. The Hall–Kier alpha value is -2.81. The summed E-state index contributed by atoms with van der Waals surface area (Å²) in [4.78, 5) is 27.8. The Morgan fingerprint density at radius 1 is 1.36 bits per heavy atom. The van der Waals surface area contributed by atoms with Crippen molar-refractivity contribution < 1.29 is 14.8 Å². The first-order valence-corrected chi connectivity index (χ1v) is 9.32. The molecule has 0 saturated heterocycles. The Balaban J connectivity index is 2.09. The first kappa shape index (κ1) is 21.5. The SMILES string of the molecule is CCCC(C)(C)CC(CN(O)C=O)C(=O)NNc1nnc2cccc(C)c2n1. The van der Waals surface area contributed by atoms with Gasteiger partial charge in [-0.15, -0.1) is 10.2 Å². The van der Waals surface area contributed by atoms with E-state index in [2.05, 4.69) is 46.8 Å². The number of anilines is 1. The second-order valence-electron chi connectivity index (χ2n) is 7.74. The molecule has 28 heavy (non-hydrogen) atoms. The molecule has 1 aromatic carbocycles. The Labute approximate surface area is 164 Å². The standard InChI is InChI=1S/C19H28N6O3/c1-5-9-19(3,4)10-14(11-25(28)12-26)17(27)22-24-18-20-16-13(2)7-6-8-15(16)21-23-18/h6-8,12,14,28H,5,9-11H2,1-4H3,(H,22,27)(H,20,23,24). The van der Waals surface area contributed by atoms with Crippen molar-refractivity contribution in [2.24, 2.45) is 11.3 Å². The number of nitrogens with one attached hydrogen (secondary N) is 2. The molecule has 0 saturated carbocycles. The van der Waals surface area contributed by atoms with E-state index >= 15 is 0 Å².